The maximum atomic E-state index is 11.9. The van der Waals surface area contributed by atoms with Crippen LogP contribution in [0.3, 0.4) is 0 Å². The van der Waals surface area contributed by atoms with E-state index in [1.165, 1.54) is 6.26 Å². The number of piperidine rings is 1. The third-order valence-corrected chi connectivity index (χ3v) is 6.35. The first-order valence-electron chi connectivity index (χ1n) is 8.78. The van der Waals surface area contributed by atoms with Gasteiger partial charge in [-0.2, -0.15) is 0 Å². The van der Waals surface area contributed by atoms with E-state index in [0.29, 0.717) is 13.1 Å². The fraction of sp³-hybridized carbons (Fsp3) is 0.500. The van der Waals surface area contributed by atoms with Gasteiger partial charge in [-0.25, -0.2) is 17.7 Å². The number of rotatable bonds is 4. The fourth-order valence-corrected chi connectivity index (χ4v) is 4.68. The molecule has 1 saturated heterocycles. The number of aryl methyl sites for hydroxylation is 1. The molecule has 0 N–H and O–H groups in total. The summed E-state index contributed by atoms with van der Waals surface area (Å²) in [6, 6.07) is 3.95. The molecular formula is C18H23N3O4S. The van der Waals surface area contributed by atoms with Gasteiger partial charge in [0.25, 0.3) is 0 Å². The maximum absolute atomic E-state index is 11.9. The summed E-state index contributed by atoms with van der Waals surface area (Å²) in [5.74, 6) is 2.65. The second-order valence-electron chi connectivity index (χ2n) is 7.05. The summed E-state index contributed by atoms with van der Waals surface area (Å²) < 4.78 is 38.3. The smallest absolute Gasteiger partial charge is 0.231 e. The molecule has 1 aromatic carbocycles. The van der Waals surface area contributed by atoms with Gasteiger partial charge in [0.1, 0.15) is 5.82 Å². The number of aromatic nitrogens is 2. The number of sulfonamides is 1. The molecule has 3 heterocycles. The van der Waals surface area contributed by atoms with Crippen LogP contribution in [0.25, 0.3) is 11.4 Å². The lowest BCUT2D eigenvalue weighted by Gasteiger charge is -2.31. The first-order chi connectivity index (χ1) is 12.4. The summed E-state index contributed by atoms with van der Waals surface area (Å²) in [6.45, 7) is 4.21. The fourth-order valence-electron chi connectivity index (χ4n) is 3.74. The van der Waals surface area contributed by atoms with Crippen LogP contribution in [0.15, 0.2) is 24.5 Å². The van der Waals surface area contributed by atoms with Gasteiger partial charge >= 0.3 is 0 Å². The van der Waals surface area contributed by atoms with Crippen LogP contribution in [0.4, 0.5) is 0 Å². The Balaban J connectivity index is 1.58. The summed E-state index contributed by atoms with van der Waals surface area (Å²) in [4.78, 5) is 4.54. The minimum absolute atomic E-state index is 0.246. The van der Waals surface area contributed by atoms with E-state index in [0.717, 1.165) is 47.8 Å². The third kappa shape index (κ3) is 3.31. The Morgan fingerprint density at radius 2 is 2.04 bits per heavy atom. The zero-order valence-electron chi connectivity index (χ0n) is 15.0. The molecule has 0 radical (unpaired) electrons. The molecule has 1 unspecified atom stereocenters. The highest BCUT2D eigenvalue weighted by Crippen LogP contribution is 2.38. The van der Waals surface area contributed by atoms with E-state index >= 15 is 0 Å². The SMILES string of the molecule is Cc1cc2c(cc1-c1nccn1CC1CCCN(S(C)(=O)=O)C1)OCO2. The van der Waals surface area contributed by atoms with Crippen molar-refractivity contribution in [1.82, 2.24) is 13.9 Å². The molecule has 4 rings (SSSR count). The van der Waals surface area contributed by atoms with Crippen molar-refractivity contribution in [1.29, 1.82) is 0 Å². The van der Waals surface area contributed by atoms with Gasteiger partial charge in [0, 0.05) is 37.6 Å². The largest absolute Gasteiger partial charge is 0.454 e. The van der Waals surface area contributed by atoms with Crippen LogP contribution in [0.2, 0.25) is 0 Å². The highest BCUT2D eigenvalue weighted by atomic mass is 32.2. The Morgan fingerprint density at radius 1 is 1.27 bits per heavy atom. The average Bonchev–Trinajstić information content (AvgIpc) is 3.22. The van der Waals surface area contributed by atoms with Crippen LogP contribution in [-0.4, -0.2) is 48.4 Å². The highest BCUT2D eigenvalue weighted by Gasteiger charge is 2.27. The van der Waals surface area contributed by atoms with Crippen LogP contribution in [0.5, 0.6) is 11.5 Å². The van der Waals surface area contributed by atoms with Crippen LogP contribution >= 0.6 is 0 Å². The van der Waals surface area contributed by atoms with Gasteiger partial charge in [-0.15, -0.1) is 0 Å². The summed E-state index contributed by atoms with van der Waals surface area (Å²) in [5, 5.41) is 0. The Morgan fingerprint density at radius 3 is 2.81 bits per heavy atom. The monoisotopic (exact) mass is 377 g/mol. The van der Waals surface area contributed by atoms with Gasteiger partial charge in [0.15, 0.2) is 11.5 Å². The Hall–Kier alpha value is -2.06. The second-order valence-corrected chi connectivity index (χ2v) is 9.04. The van der Waals surface area contributed by atoms with E-state index in [1.54, 1.807) is 10.5 Å². The van der Waals surface area contributed by atoms with Gasteiger partial charge < -0.3 is 14.0 Å². The number of ether oxygens (including phenoxy) is 2. The van der Waals surface area contributed by atoms with Crippen molar-refractivity contribution in [2.45, 2.75) is 26.3 Å². The number of hydrogen-bond donors (Lipinski definition) is 0. The maximum Gasteiger partial charge on any atom is 0.231 e. The van der Waals surface area contributed by atoms with Gasteiger partial charge in [0.2, 0.25) is 16.8 Å². The molecule has 0 spiro atoms. The number of hydrogen-bond acceptors (Lipinski definition) is 5. The van der Waals surface area contributed by atoms with Crippen molar-refractivity contribution < 1.29 is 17.9 Å². The molecule has 1 aromatic heterocycles. The van der Waals surface area contributed by atoms with Crippen LogP contribution in [0, 0.1) is 12.8 Å². The number of benzene rings is 1. The normalized spacial score (nSPS) is 20.5. The van der Waals surface area contributed by atoms with Crippen LogP contribution < -0.4 is 9.47 Å². The minimum atomic E-state index is -3.14. The average molecular weight is 377 g/mol. The predicted molar refractivity (Wildman–Crippen MR) is 97.7 cm³/mol. The van der Waals surface area contributed by atoms with E-state index < -0.39 is 10.0 Å². The first-order valence-corrected chi connectivity index (χ1v) is 10.6. The predicted octanol–water partition coefficient (Wildman–Crippen LogP) is 2.26. The lowest BCUT2D eigenvalue weighted by atomic mass is 9.99. The Bertz CT molecular complexity index is 923. The van der Waals surface area contributed by atoms with Crippen LogP contribution in [0.1, 0.15) is 18.4 Å². The quantitative estimate of drug-likeness (QED) is 0.817. The highest BCUT2D eigenvalue weighted by molar-refractivity contribution is 7.88. The molecule has 2 aliphatic heterocycles. The summed E-state index contributed by atoms with van der Waals surface area (Å²) in [7, 11) is -3.14. The second kappa shape index (κ2) is 6.59. The molecule has 8 heteroatoms. The molecule has 140 valence electrons. The van der Waals surface area contributed by atoms with Crippen molar-refractivity contribution >= 4 is 10.0 Å². The molecular weight excluding hydrogens is 354 g/mol. The molecule has 2 aliphatic rings. The molecule has 7 nitrogen and oxygen atoms in total. The standard InChI is InChI=1S/C18H23N3O4S/c1-13-8-16-17(25-12-24-16)9-15(13)18-19-5-7-20(18)10-14-4-3-6-21(11-14)26(2,22)23/h5,7-9,14H,3-4,6,10-12H2,1-2H3. The number of imidazole rings is 1. The molecule has 0 saturated carbocycles. The molecule has 0 amide bonds. The van der Waals surface area contributed by atoms with Crippen LogP contribution in [-0.2, 0) is 16.6 Å². The number of nitrogens with zero attached hydrogens (tertiary/aromatic N) is 3. The van der Waals surface area contributed by atoms with Crippen molar-refractivity contribution in [3.05, 3.63) is 30.1 Å². The van der Waals surface area contributed by atoms with Crippen molar-refractivity contribution in [3.8, 4) is 22.9 Å². The number of fused-ring (bicyclic) bond motifs is 1. The van der Waals surface area contributed by atoms with Gasteiger partial charge in [0.05, 0.1) is 6.26 Å². The van der Waals surface area contributed by atoms with Gasteiger partial charge in [-0.1, -0.05) is 0 Å². The van der Waals surface area contributed by atoms with Crippen molar-refractivity contribution in [2.24, 2.45) is 5.92 Å². The summed E-state index contributed by atoms with van der Waals surface area (Å²) in [5.41, 5.74) is 2.08. The van der Waals surface area contributed by atoms with Crippen molar-refractivity contribution in [3.63, 3.8) is 0 Å². The summed E-state index contributed by atoms with van der Waals surface area (Å²) in [6.07, 6.45) is 6.94. The minimum Gasteiger partial charge on any atom is -0.454 e. The molecule has 1 atom stereocenters. The molecule has 0 aliphatic carbocycles. The molecule has 1 fully saturated rings. The molecule has 0 bridgehead atoms. The van der Waals surface area contributed by atoms with E-state index in [9.17, 15) is 8.42 Å². The molecule has 2 aromatic rings. The lowest BCUT2D eigenvalue weighted by molar-refractivity contribution is 0.174. The van der Waals surface area contributed by atoms with Gasteiger partial charge in [-0.05, 0) is 43.4 Å². The third-order valence-electron chi connectivity index (χ3n) is 5.08. The van der Waals surface area contributed by atoms with E-state index in [2.05, 4.69) is 9.55 Å². The Labute approximate surface area is 153 Å². The lowest BCUT2D eigenvalue weighted by Crippen LogP contribution is -2.40. The van der Waals surface area contributed by atoms with E-state index in [1.807, 2.05) is 25.3 Å². The molecule has 26 heavy (non-hydrogen) atoms. The Kier molecular flexibility index (Phi) is 4.40. The summed E-state index contributed by atoms with van der Waals surface area (Å²) >= 11 is 0. The van der Waals surface area contributed by atoms with E-state index in [-0.39, 0.29) is 12.7 Å². The first kappa shape index (κ1) is 17.4. The van der Waals surface area contributed by atoms with Crippen molar-refractivity contribution in [2.75, 3.05) is 26.1 Å². The topological polar surface area (TPSA) is 73.7 Å². The van der Waals surface area contributed by atoms with E-state index in [4.69, 9.17) is 9.47 Å². The zero-order chi connectivity index (χ0) is 18.3. The zero-order valence-corrected chi connectivity index (χ0v) is 15.8. The van der Waals surface area contributed by atoms with Gasteiger partial charge in [-0.3, -0.25) is 0 Å².